The zero-order valence-corrected chi connectivity index (χ0v) is 12.7. The zero-order valence-electron chi connectivity index (χ0n) is 12.7. The average Bonchev–Trinajstić information content (AvgIpc) is 2.60. The summed E-state index contributed by atoms with van der Waals surface area (Å²) in [5.41, 5.74) is 1.44. The SMILES string of the molecule is CCC(=O)Nc1ccc(C(=O)COC(=O)c2ccccc2)cc1. The minimum Gasteiger partial charge on any atom is -0.454 e. The molecule has 0 atom stereocenters. The van der Waals surface area contributed by atoms with Crippen LogP contribution in [-0.2, 0) is 9.53 Å². The highest BCUT2D eigenvalue weighted by molar-refractivity contribution is 6.00. The van der Waals surface area contributed by atoms with Gasteiger partial charge in [-0.2, -0.15) is 0 Å². The molecule has 0 radical (unpaired) electrons. The van der Waals surface area contributed by atoms with E-state index in [1.807, 2.05) is 0 Å². The molecule has 0 aromatic heterocycles. The third-order valence-electron chi connectivity index (χ3n) is 3.16. The summed E-state index contributed by atoms with van der Waals surface area (Å²) in [6, 6.07) is 14.9. The summed E-state index contributed by atoms with van der Waals surface area (Å²) in [6.07, 6.45) is 0.385. The van der Waals surface area contributed by atoms with Crippen molar-refractivity contribution >= 4 is 23.3 Å². The molecule has 5 heteroatoms. The van der Waals surface area contributed by atoms with Gasteiger partial charge in [0, 0.05) is 17.7 Å². The predicted octanol–water partition coefficient (Wildman–Crippen LogP) is 3.07. The summed E-state index contributed by atoms with van der Waals surface area (Å²) in [7, 11) is 0. The lowest BCUT2D eigenvalue weighted by Crippen LogP contribution is -2.14. The van der Waals surface area contributed by atoms with Crippen molar-refractivity contribution in [1.29, 1.82) is 0 Å². The molecule has 2 aromatic rings. The number of ketones is 1. The van der Waals surface area contributed by atoms with Crippen molar-refractivity contribution in [1.82, 2.24) is 0 Å². The Labute approximate surface area is 134 Å². The van der Waals surface area contributed by atoms with E-state index in [9.17, 15) is 14.4 Å². The maximum Gasteiger partial charge on any atom is 0.338 e. The lowest BCUT2D eigenvalue weighted by molar-refractivity contribution is -0.115. The number of ether oxygens (including phenoxy) is 1. The number of anilines is 1. The van der Waals surface area contributed by atoms with Crippen molar-refractivity contribution in [3.63, 3.8) is 0 Å². The molecule has 2 rings (SSSR count). The summed E-state index contributed by atoms with van der Waals surface area (Å²) in [5, 5.41) is 2.69. The molecular formula is C18H17NO4. The maximum atomic E-state index is 12.0. The molecule has 1 N–H and O–H groups in total. The van der Waals surface area contributed by atoms with Crippen LogP contribution in [0.2, 0.25) is 0 Å². The summed E-state index contributed by atoms with van der Waals surface area (Å²) in [5.74, 6) is -0.936. The van der Waals surface area contributed by atoms with Crippen LogP contribution < -0.4 is 5.32 Å². The molecule has 1 amide bonds. The molecule has 0 aliphatic carbocycles. The first-order valence-electron chi connectivity index (χ1n) is 7.25. The van der Waals surface area contributed by atoms with Crippen LogP contribution in [0.25, 0.3) is 0 Å². The van der Waals surface area contributed by atoms with Gasteiger partial charge in [0.05, 0.1) is 5.56 Å². The van der Waals surface area contributed by atoms with Crippen molar-refractivity contribution in [3.8, 4) is 0 Å². The first-order valence-corrected chi connectivity index (χ1v) is 7.25. The monoisotopic (exact) mass is 311 g/mol. The number of carbonyl (C=O) groups excluding carboxylic acids is 3. The number of rotatable bonds is 6. The predicted molar refractivity (Wildman–Crippen MR) is 86.4 cm³/mol. The molecule has 0 saturated carbocycles. The highest BCUT2D eigenvalue weighted by Crippen LogP contribution is 2.11. The molecule has 2 aromatic carbocycles. The zero-order chi connectivity index (χ0) is 16.7. The summed E-state index contributed by atoms with van der Waals surface area (Å²) >= 11 is 0. The highest BCUT2D eigenvalue weighted by atomic mass is 16.5. The molecule has 5 nitrogen and oxygen atoms in total. The largest absolute Gasteiger partial charge is 0.454 e. The van der Waals surface area contributed by atoms with Crippen LogP contribution in [-0.4, -0.2) is 24.3 Å². The quantitative estimate of drug-likeness (QED) is 0.657. The summed E-state index contributed by atoms with van der Waals surface area (Å²) in [6.45, 7) is 1.43. The third-order valence-corrected chi connectivity index (χ3v) is 3.16. The van der Waals surface area contributed by atoms with Crippen molar-refractivity contribution in [3.05, 3.63) is 65.7 Å². The fraction of sp³-hybridized carbons (Fsp3) is 0.167. The standard InChI is InChI=1S/C18H17NO4/c1-2-17(21)19-15-10-8-13(9-11-15)16(20)12-23-18(22)14-6-4-3-5-7-14/h3-11H,2,12H2,1H3,(H,19,21). The molecule has 0 unspecified atom stereocenters. The second-order valence-corrected chi connectivity index (χ2v) is 4.84. The van der Waals surface area contributed by atoms with Gasteiger partial charge in [0.1, 0.15) is 0 Å². The summed E-state index contributed by atoms with van der Waals surface area (Å²) < 4.78 is 5.00. The van der Waals surface area contributed by atoms with E-state index in [1.165, 1.54) is 0 Å². The van der Waals surface area contributed by atoms with Crippen LogP contribution in [0.4, 0.5) is 5.69 Å². The van der Waals surface area contributed by atoms with Gasteiger partial charge in [-0.15, -0.1) is 0 Å². The van der Waals surface area contributed by atoms with Gasteiger partial charge >= 0.3 is 5.97 Å². The number of amides is 1. The number of benzene rings is 2. The molecule has 23 heavy (non-hydrogen) atoms. The summed E-state index contributed by atoms with van der Waals surface area (Å²) in [4.78, 5) is 35.0. The van der Waals surface area contributed by atoms with E-state index in [2.05, 4.69) is 5.32 Å². The van der Waals surface area contributed by atoms with Gasteiger partial charge < -0.3 is 10.1 Å². The normalized spacial score (nSPS) is 9.96. The van der Waals surface area contributed by atoms with E-state index in [0.717, 1.165) is 0 Å². The van der Waals surface area contributed by atoms with Crippen LogP contribution in [0, 0.1) is 0 Å². The molecule has 0 aliphatic heterocycles. The van der Waals surface area contributed by atoms with E-state index in [1.54, 1.807) is 61.5 Å². The Morgan fingerprint density at radius 1 is 0.913 bits per heavy atom. The molecule has 0 heterocycles. The van der Waals surface area contributed by atoms with Gasteiger partial charge in [-0.3, -0.25) is 9.59 Å². The third kappa shape index (κ3) is 4.78. The molecule has 0 saturated heterocycles. The number of hydrogen-bond acceptors (Lipinski definition) is 4. The van der Waals surface area contributed by atoms with Crippen molar-refractivity contribution in [2.45, 2.75) is 13.3 Å². The fourth-order valence-electron chi connectivity index (χ4n) is 1.86. The van der Waals surface area contributed by atoms with E-state index < -0.39 is 5.97 Å². The van der Waals surface area contributed by atoms with E-state index >= 15 is 0 Å². The average molecular weight is 311 g/mol. The molecular weight excluding hydrogens is 294 g/mol. The number of carbonyl (C=O) groups is 3. The Hall–Kier alpha value is -2.95. The van der Waals surface area contributed by atoms with Gasteiger partial charge in [0.15, 0.2) is 12.4 Å². The first kappa shape index (κ1) is 16.4. The molecule has 0 fully saturated rings. The second-order valence-electron chi connectivity index (χ2n) is 4.84. The molecule has 0 bridgehead atoms. The van der Waals surface area contributed by atoms with Gasteiger partial charge in [-0.05, 0) is 36.4 Å². The van der Waals surface area contributed by atoms with Crippen LogP contribution in [0.3, 0.4) is 0 Å². The Balaban J connectivity index is 1.91. The Bertz CT molecular complexity index is 693. The fourth-order valence-corrected chi connectivity index (χ4v) is 1.86. The Morgan fingerprint density at radius 3 is 2.17 bits per heavy atom. The molecule has 0 aliphatic rings. The smallest absolute Gasteiger partial charge is 0.338 e. The minimum absolute atomic E-state index is 0.0964. The van der Waals surface area contributed by atoms with Gasteiger partial charge in [0.25, 0.3) is 0 Å². The highest BCUT2D eigenvalue weighted by Gasteiger charge is 2.11. The number of nitrogens with one attached hydrogen (secondary N) is 1. The second kappa shape index (κ2) is 7.89. The topological polar surface area (TPSA) is 72.5 Å². The van der Waals surface area contributed by atoms with Crippen LogP contribution in [0.1, 0.15) is 34.1 Å². The van der Waals surface area contributed by atoms with E-state index in [0.29, 0.717) is 23.2 Å². The van der Waals surface area contributed by atoms with Gasteiger partial charge in [-0.25, -0.2) is 4.79 Å². The van der Waals surface area contributed by atoms with Crippen LogP contribution in [0.15, 0.2) is 54.6 Å². The van der Waals surface area contributed by atoms with Gasteiger partial charge in [-0.1, -0.05) is 25.1 Å². The first-order chi connectivity index (χ1) is 11.1. The van der Waals surface area contributed by atoms with Crippen molar-refractivity contribution in [2.75, 3.05) is 11.9 Å². The molecule has 118 valence electrons. The van der Waals surface area contributed by atoms with Gasteiger partial charge in [0.2, 0.25) is 5.91 Å². The molecule has 0 spiro atoms. The number of hydrogen-bond donors (Lipinski definition) is 1. The van der Waals surface area contributed by atoms with Crippen molar-refractivity contribution < 1.29 is 19.1 Å². The van der Waals surface area contributed by atoms with Crippen LogP contribution >= 0.6 is 0 Å². The number of esters is 1. The van der Waals surface area contributed by atoms with Crippen molar-refractivity contribution in [2.24, 2.45) is 0 Å². The van der Waals surface area contributed by atoms with E-state index in [4.69, 9.17) is 4.74 Å². The lowest BCUT2D eigenvalue weighted by atomic mass is 10.1. The van der Waals surface area contributed by atoms with E-state index in [-0.39, 0.29) is 18.3 Å². The Kier molecular flexibility index (Phi) is 5.63. The number of Topliss-reactive ketones (excluding diaryl/α,β-unsaturated/α-hetero) is 1. The minimum atomic E-state index is -0.536. The Morgan fingerprint density at radius 2 is 1.57 bits per heavy atom. The lowest BCUT2D eigenvalue weighted by Gasteiger charge is -2.06. The van der Waals surface area contributed by atoms with Crippen LogP contribution in [0.5, 0.6) is 0 Å². The maximum absolute atomic E-state index is 12.0.